The van der Waals surface area contributed by atoms with E-state index in [-0.39, 0.29) is 17.8 Å². The van der Waals surface area contributed by atoms with Crippen LogP contribution in [-0.2, 0) is 4.79 Å². The Kier molecular flexibility index (Phi) is 2.15. The number of benzene rings is 1. The van der Waals surface area contributed by atoms with Crippen molar-refractivity contribution in [2.24, 2.45) is 5.41 Å². The highest BCUT2D eigenvalue weighted by molar-refractivity contribution is 6.22. The number of carbonyl (C=O) groups is 3. The zero-order valence-corrected chi connectivity index (χ0v) is 8.69. The maximum Gasteiger partial charge on any atom is 0.317 e. The minimum absolute atomic E-state index is 0.212. The fourth-order valence-electron chi connectivity index (χ4n) is 1.89. The Balaban J connectivity index is 2.63. The molecule has 0 spiro atoms. The van der Waals surface area contributed by atoms with Crippen LogP contribution in [0.25, 0.3) is 0 Å². The van der Waals surface area contributed by atoms with Crippen LogP contribution in [0, 0.1) is 5.41 Å². The summed E-state index contributed by atoms with van der Waals surface area (Å²) >= 11 is 0. The van der Waals surface area contributed by atoms with Crippen molar-refractivity contribution in [1.82, 2.24) is 0 Å². The minimum Gasteiger partial charge on any atom is -0.480 e. The zero-order valence-electron chi connectivity index (χ0n) is 8.69. The number of rotatable bonds is 1. The normalized spacial score (nSPS) is 24.1. The number of fused-ring (bicyclic) bond motifs is 1. The van der Waals surface area contributed by atoms with Crippen molar-refractivity contribution in [1.29, 1.82) is 0 Å². The fourth-order valence-corrected chi connectivity index (χ4v) is 1.89. The standard InChI is InChI=1S/C12H10O4/c1-12(11(15)16)6-9(13)7-4-2-3-5-8(7)10(12)14/h2-5H,6H2,1H3,(H,15,16). The van der Waals surface area contributed by atoms with Crippen molar-refractivity contribution in [2.75, 3.05) is 0 Å². The largest absolute Gasteiger partial charge is 0.480 e. The Morgan fingerprint density at radius 3 is 2.38 bits per heavy atom. The zero-order chi connectivity index (χ0) is 11.9. The lowest BCUT2D eigenvalue weighted by atomic mass is 9.71. The van der Waals surface area contributed by atoms with Gasteiger partial charge in [-0.1, -0.05) is 24.3 Å². The SMILES string of the molecule is CC1(C(=O)O)CC(=O)c2ccccc2C1=O. The number of carboxylic acids is 1. The molecule has 1 aliphatic carbocycles. The molecule has 0 fully saturated rings. The van der Waals surface area contributed by atoms with Crippen LogP contribution in [-0.4, -0.2) is 22.6 Å². The smallest absolute Gasteiger partial charge is 0.317 e. The van der Waals surface area contributed by atoms with E-state index in [2.05, 4.69) is 0 Å². The summed E-state index contributed by atoms with van der Waals surface area (Å²) in [5, 5.41) is 9.04. The predicted molar refractivity (Wildman–Crippen MR) is 55.5 cm³/mol. The second-order valence-electron chi connectivity index (χ2n) is 4.11. The minimum atomic E-state index is -1.62. The van der Waals surface area contributed by atoms with Crippen molar-refractivity contribution in [3.8, 4) is 0 Å². The van der Waals surface area contributed by atoms with Gasteiger partial charge in [-0.15, -0.1) is 0 Å². The Hall–Kier alpha value is -1.97. The number of carbonyl (C=O) groups excluding carboxylic acids is 2. The molecule has 0 bridgehead atoms. The third-order valence-electron chi connectivity index (χ3n) is 2.96. The van der Waals surface area contributed by atoms with Crippen LogP contribution >= 0.6 is 0 Å². The van der Waals surface area contributed by atoms with E-state index in [1.54, 1.807) is 18.2 Å². The van der Waals surface area contributed by atoms with Gasteiger partial charge in [-0.25, -0.2) is 0 Å². The van der Waals surface area contributed by atoms with Gasteiger partial charge in [-0.05, 0) is 6.92 Å². The van der Waals surface area contributed by atoms with E-state index in [1.165, 1.54) is 13.0 Å². The van der Waals surface area contributed by atoms with Crippen molar-refractivity contribution >= 4 is 17.5 Å². The Labute approximate surface area is 91.9 Å². The summed E-state index contributed by atoms with van der Waals surface area (Å²) in [4.78, 5) is 34.8. The highest BCUT2D eigenvalue weighted by Crippen LogP contribution is 2.35. The van der Waals surface area contributed by atoms with Crippen LogP contribution in [0.1, 0.15) is 34.1 Å². The topological polar surface area (TPSA) is 71.4 Å². The van der Waals surface area contributed by atoms with Gasteiger partial charge in [0.2, 0.25) is 0 Å². The Morgan fingerprint density at radius 2 is 1.81 bits per heavy atom. The monoisotopic (exact) mass is 218 g/mol. The number of aliphatic carboxylic acids is 1. The lowest BCUT2D eigenvalue weighted by Crippen LogP contribution is -2.42. The Bertz CT molecular complexity index is 503. The number of ketones is 2. The molecule has 0 heterocycles. The molecule has 0 saturated carbocycles. The van der Waals surface area contributed by atoms with Gasteiger partial charge in [-0.2, -0.15) is 0 Å². The molecule has 0 saturated heterocycles. The molecule has 1 aromatic rings. The van der Waals surface area contributed by atoms with Gasteiger partial charge in [0.1, 0.15) is 5.41 Å². The van der Waals surface area contributed by atoms with Crippen molar-refractivity contribution < 1.29 is 19.5 Å². The van der Waals surface area contributed by atoms with Gasteiger partial charge in [0.05, 0.1) is 0 Å². The summed E-state index contributed by atoms with van der Waals surface area (Å²) < 4.78 is 0. The van der Waals surface area contributed by atoms with E-state index in [0.29, 0.717) is 5.56 Å². The van der Waals surface area contributed by atoms with Crippen molar-refractivity contribution in [3.63, 3.8) is 0 Å². The number of carboxylic acid groups (broad SMARTS) is 1. The third kappa shape index (κ3) is 1.26. The molecule has 4 nitrogen and oxygen atoms in total. The van der Waals surface area contributed by atoms with Crippen molar-refractivity contribution in [2.45, 2.75) is 13.3 Å². The van der Waals surface area contributed by atoms with Crippen LogP contribution in [0.3, 0.4) is 0 Å². The van der Waals surface area contributed by atoms with Gasteiger partial charge >= 0.3 is 5.97 Å². The molecule has 16 heavy (non-hydrogen) atoms. The first-order valence-electron chi connectivity index (χ1n) is 4.87. The molecular weight excluding hydrogens is 208 g/mol. The quantitative estimate of drug-likeness (QED) is 0.726. The molecule has 1 N–H and O–H groups in total. The van der Waals surface area contributed by atoms with Crippen LogP contribution in [0.4, 0.5) is 0 Å². The molecule has 0 radical (unpaired) electrons. The van der Waals surface area contributed by atoms with Gasteiger partial charge < -0.3 is 5.11 Å². The highest BCUT2D eigenvalue weighted by Gasteiger charge is 2.47. The predicted octanol–water partition coefficient (Wildman–Crippen LogP) is 1.55. The van der Waals surface area contributed by atoms with Gasteiger partial charge in [-0.3, -0.25) is 14.4 Å². The molecule has 1 aliphatic rings. The summed E-state index contributed by atoms with van der Waals surface area (Å²) in [6.07, 6.45) is -0.266. The second kappa shape index (κ2) is 3.27. The molecule has 82 valence electrons. The molecule has 2 rings (SSSR count). The van der Waals surface area contributed by atoms with E-state index in [1.807, 2.05) is 0 Å². The molecule has 1 aromatic carbocycles. The summed E-state index contributed by atoms with van der Waals surface area (Å²) in [6.45, 7) is 1.30. The summed E-state index contributed by atoms with van der Waals surface area (Å²) in [5.74, 6) is -2.03. The van der Waals surface area contributed by atoms with Crippen LogP contribution < -0.4 is 0 Å². The first-order valence-corrected chi connectivity index (χ1v) is 4.87. The molecule has 0 aliphatic heterocycles. The third-order valence-corrected chi connectivity index (χ3v) is 2.96. The lowest BCUT2D eigenvalue weighted by Gasteiger charge is -2.28. The number of Topliss-reactive ketones (excluding diaryl/α,β-unsaturated/α-hetero) is 2. The second-order valence-corrected chi connectivity index (χ2v) is 4.11. The summed E-state index contributed by atoms with van der Waals surface area (Å²) in [6, 6.07) is 6.33. The highest BCUT2D eigenvalue weighted by atomic mass is 16.4. The van der Waals surface area contributed by atoms with Crippen LogP contribution in [0.15, 0.2) is 24.3 Å². The molecule has 4 heteroatoms. The van der Waals surface area contributed by atoms with E-state index in [0.717, 1.165) is 0 Å². The van der Waals surface area contributed by atoms with Gasteiger partial charge in [0, 0.05) is 17.5 Å². The molecule has 0 aromatic heterocycles. The Morgan fingerprint density at radius 1 is 1.25 bits per heavy atom. The first-order chi connectivity index (χ1) is 7.47. The fraction of sp³-hybridized carbons (Fsp3) is 0.250. The number of hydrogen-bond acceptors (Lipinski definition) is 3. The van der Waals surface area contributed by atoms with Gasteiger partial charge in [0.15, 0.2) is 11.6 Å². The molecular formula is C12H10O4. The van der Waals surface area contributed by atoms with E-state index >= 15 is 0 Å². The maximum atomic E-state index is 12.0. The summed E-state index contributed by atoms with van der Waals surface area (Å²) in [5.41, 5.74) is -1.08. The van der Waals surface area contributed by atoms with E-state index in [9.17, 15) is 14.4 Å². The molecule has 1 atom stereocenters. The lowest BCUT2D eigenvalue weighted by molar-refractivity contribution is -0.145. The van der Waals surface area contributed by atoms with Crippen LogP contribution in [0.5, 0.6) is 0 Å². The van der Waals surface area contributed by atoms with Crippen molar-refractivity contribution in [3.05, 3.63) is 35.4 Å². The van der Waals surface area contributed by atoms with E-state index in [4.69, 9.17) is 5.11 Å². The first kappa shape index (κ1) is 10.5. The maximum absolute atomic E-state index is 12.0. The number of hydrogen-bond donors (Lipinski definition) is 1. The average Bonchev–Trinajstić information content (AvgIpc) is 2.26. The average molecular weight is 218 g/mol. The van der Waals surface area contributed by atoms with Gasteiger partial charge in [0.25, 0.3) is 0 Å². The molecule has 0 amide bonds. The van der Waals surface area contributed by atoms with Crippen LogP contribution in [0.2, 0.25) is 0 Å². The van der Waals surface area contributed by atoms with E-state index < -0.39 is 17.2 Å². The molecule has 1 unspecified atom stereocenters. The summed E-state index contributed by atoms with van der Waals surface area (Å²) in [7, 11) is 0.